The van der Waals surface area contributed by atoms with E-state index in [1.54, 1.807) is 0 Å². The van der Waals surface area contributed by atoms with Crippen molar-refractivity contribution >= 4 is 22.1 Å². The van der Waals surface area contributed by atoms with Gasteiger partial charge in [-0.25, -0.2) is 15.0 Å². The normalized spacial score (nSPS) is 16.0. The number of fused-ring (bicyclic) bond motifs is 2. The average molecular weight is 574 g/mol. The summed E-state index contributed by atoms with van der Waals surface area (Å²) in [5.74, 6) is 1.97. The topological polar surface area (TPSA) is 48.5 Å². The Morgan fingerprint density at radius 2 is 0.919 bits per heavy atom. The number of halogens is 2. The molecule has 8 heteroatoms. The second-order valence-corrected chi connectivity index (χ2v) is 9.87. The number of nitrogens with zero attached hydrogens (tertiary/aromatic N) is 5. The molecular formula is C29H29Cl2FeN5. The molecule has 0 radical (unpaired) electrons. The molecule has 2 aromatic carbocycles. The van der Waals surface area contributed by atoms with Gasteiger partial charge in [-0.15, -0.1) is 0 Å². The monoisotopic (exact) mass is 573 g/mol. The fraction of sp³-hybridized carbons (Fsp3) is 0.345. The van der Waals surface area contributed by atoms with E-state index in [2.05, 4.69) is 75.9 Å². The van der Waals surface area contributed by atoms with Crippen molar-refractivity contribution in [2.75, 3.05) is 0 Å². The van der Waals surface area contributed by atoms with Gasteiger partial charge >= 0.3 is 17.1 Å². The van der Waals surface area contributed by atoms with Crippen LogP contribution in [0.1, 0.15) is 63.5 Å². The molecule has 5 aromatic rings. The number of hydrogen-bond donors (Lipinski definition) is 0. The second kappa shape index (κ2) is 11.6. The van der Waals surface area contributed by atoms with Crippen molar-refractivity contribution in [3.63, 3.8) is 0 Å². The van der Waals surface area contributed by atoms with Crippen molar-refractivity contribution in [3.05, 3.63) is 66.7 Å². The van der Waals surface area contributed by atoms with Gasteiger partial charge in [0.15, 0.2) is 11.6 Å². The maximum atomic E-state index is 5.20. The number of aromatic nitrogens is 5. The average Bonchev–Trinajstić information content (AvgIpc) is 3.68. The summed E-state index contributed by atoms with van der Waals surface area (Å²) in [6, 6.07) is 24.4. The van der Waals surface area contributed by atoms with Crippen molar-refractivity contribution in [3.8, 4) is 23.0 Å². The molecule has 0 bridgehead atoms. The molecule has 2 saturated carbocycles. The van der Waals surface area contributed by atoms with E-state index in [9.17, 15) is 0 Å². The van der Waals surface area contributed by atoms with E-state index in [1.165, 1.54) is 62.4 Å². The maximum absolute atomic E-state index is 5.20. The Labute approximate surface area is 240 Å². The molecule has 2 fully saturated rings. The van der Waals surface area contributed by atoms with Gasteiger partial charge < -0.3 is 33.9 Å². The zero-order valence-corrected chi connectivity index (χ0v) is 23.1. The molecule has 7 rings (SSSR count). The first-order chi connectivity index (χ1) is 16.9. The molecule has 2 aliphatic rings. The molecule has 0 aliphatic heterocycles. The van der Waals surface area contributed by atoms with Crippen LogP contribution in [0.25, 0.3) is 45.1 Å². The van der Waals surface area contributed by atoms with Crippen LogP contribution in [0.5, 0.6) is 0 Å². The first-order valence-electron chi connectivity index (χ1n) is 12.8. The molecule has 192 valence electrons. The first kappa shape index (κ1) is 27.7. The number of benzene rings is 2. The molecule has 5 nitrogen and oxygen atoms in total. The van der Waals surface area contributed by atoms with Crippen molar-refractivity contribution in [1.82, 2.24) is 24.1 Å². The molecule has 0 N–H and O–H groups in total. The van der Waals surface area contributed by atoms with E-state index in [0.29, 0.717) is 12.1 Å². The molecule has 0 spiro atoms. The van der Waals surface area contributed by atoms with Crippen LogP contribution in [0.4, 0.5) is 0 Å². The first-order valence-corrected chi connectivity index (χ1v) is 12.8. The van der Waals surface area contributed by atoms with E-state index in [1.807, 2.05) is 0 Å². The maximum Gasteiger partial charge on any atom is 2.00 e. The molecule has 0 amide bonds. The third-order valence-corrected chi connectivity index (χ3v) is 7.78. The number of imidazole rings is 2. The van der Waals surface area contributed by atoms with E-state index in [0.717, 1.165) is 34.1 Å². The molecule has 0 saturated heterocycles. The van der Waals surface area contributed by atoms with Crippen molar-refractivity contribution in [1.29, 1.82) is 0 Å². The molecule has 0 atom stereocenters. The van der Waals surface area contributed by atoms with Gasteiger partial charge in [-0.3, -0.25) is 0 Å². The minimum atomic E-state index is 0. The largest absolute Gasteiger partial charge is 2.00 e. The Balaban J connectivity index is 0.00000107. The number of pyridine rings is 1. The Kier molecular flexibility index (Phi) is 8.65. The fourth-order valence-corrected chi connectivity index (χ4v) is 6.20. The standard InChI is InChI=1S/C29H29N5.2ClH.Fe/c1-2-11-20(10-1)33-26-18-7-5-14-22(26)31-28(33)24-16-9-17-25(30-24)29-32-23-15-6-8-19-27(23)34(29)21-12-3-4-13-21;;;/h5-9,14-21H,1-4,10-13H2;2*1H;/q;;;+2/p-2. The summed E-state index contributed by atoms with van der Waals surface area (Å²) in [6.07, 6.45) is 10.0. The van der Waals surface area contributed by atoms with Crippen LogP contribution >= 0.6 is 0 Å². The van der Waals surface area contributed by atoms with Gasteiger partial charge in [0.25, 0.3) is 0 Å². The van der Waals surface area contributed by atoms with Crippen LogP contribution < -0.4 is 24.8 Å². The van der Waals surface area contributed by atoms with Gasteiger partial charge in [0.05, 0.1) is 22.1 Å². The van der Waals surface area contributed by atoms with E-state index < -0.39 is 0 Å². The van der Waals surface area contributed by atoms with Gasteiger partial charge in [-0.05, 0) is 62.1 Å². The fourth-order valence-electron chi connectivity index (χ4n) is 6.20. The van der Waals surface area contributed by atoms with E-state index >= 15 is 0 Å². The summed E-state index contributed by atoms with van der Waals surface area (Å²) in [6.45, 7) is 0. The number of rotatable bonds is 4. The molecule has 0 unspecified atom stereocenters. The summed E-state index contributed by atoms with van der Waals surface area (Å²) in [4.78, 5) is 15.4. The number of hydrogen-bond acceptors (Lipinski definition) is 3. The van der Waals surface area contributed by atoms with Crippen LogP contribution in [0.2, 0.25) is 0 Å². The molecular weight excluding hydrogens is 545 g/mol. The Morgan fingerprint density at radius 3 is 1.35 bits per heavy atom. The minimum absolute atomic E-state index is 0. The quantitative estimate of drug-likeness (QED) is 0.305. The zero-order chi connectivity index (χ0) is 22.5. The van der Waals surface area contributed by atoms with Crippen molar-refractivity contribution in [2.45, 2.75) is 63.5 Å². The van der Waals surface area contributed by atoms with Gasteiger partial charge in [-0.1, -0.05) is 56.0 Å². The number of para-hydroxylation sites is 4. The predicted molar refractivity (Wildman–Crippen MR) is 137 cm³/mol. The van der Waals surface area contributed by atoms with Gasteiger partial charge in [0.1, 0.15) is 11.4 Å². The minimum Gasteiger partial charge on any atom is -1.00 e. The third-order valence-electron chi connectivity index (χ3n) is 7.78. The van der Waals surface area contributed by atoms with Crippen LogP contribution in [0.3, 0.4) is 0 Å². The van der Waals surface area contributed by atoms with Crippen LogP contribution in [0.15, 0.2) is 66.7 Å². The summed E-state index contributed by atoms with van der Waals surface area (Å²) in [7, 11) is 0. The van der Waals surface area contributed by atoms with Crippen molar-refractivity contribution in [2.24, 2.45) is 0 Å². The molecule has 2 aliphatic carbocycles. The summed E-state index contributed by atoms with van der Waals surface area (Å²) >= 11 is 0. The summed E-state index contributed by atoms with van der Waals surface area (Å²) in [5.41, 5.74) is 6.41. The predicted octanol–water partition coefficient (Wildman–Crippen LogP) is 1.35. The van der Waals surface area contributed by atoms with Gasteiger partial charge in [0, 0.05) is 12.1 Å². The summed E-state index contributed by atoms with van der Waals surface area (Å²) < 4.78 is 4.91. The van der Waals surface area contributed by atoms with Crippen LogP contribution in [-0.4, -0.2) is 24.1 Å². The van der Waals surface area contributed by atoms with Crippen LogP contribution in [-0.2, 0) is 17.1 Å². The smallest absolute Gasteiger partial charge is 1.00 e. The van der Waals surface area contributed by atoms with Crippen molar-refractivity contribution < 1.29 is 41.9 Å². The van der Waals surface area contributed by atoms with E-state index in [4.69, 9.17) is 15.0 Å². The Hall–Kier alpha value is -2.37. The van der Waals surface area contributed by atoms with E-state index in [-0.39, 0.29) is 41.9 Å². The third kappa shape index (κ3) is 4.81. The Morgan fingerprint density at radius 1 is 0.514 bits per heavy atom. The SMILES string of the molecule is [Cl-].[Cl-].[Fe+2].c1cc(-c2nc3ccccc3n2C2CCCC2)nc(-c2nc3ccccc3n2C2CCCC2)c1. The second-order valence-electron chi connectivity index (χ2n) is 9.87. The Bertz CT molecular complexity index is 1390. The summed E-state index contributed by atoms with van der Waals surface area (Å²) in [5, 5.41) is 0. The molecule has 3 heterocycles. The zero-order valence-electron chi connectivity index (χ0n) is 20.5. The molecule has 37 heavy (non-hydrogen) atoms. The van der Waals surface area contributed by atoms with Gasteiger partial charge in [0.2, 0.25) is 0 Å². The van der Waals surface area contributed by atoms with Gasteiger partial charge in [-0.2, -0.15) is 0 Å². The van der Waals surface area contributed by atoms with Crippen LogP contribution in [0, 0.1) is 0 Å². The molecule has 3 aromatic heterocycles.